The van der Waals surface area contributed by atoms with Crippen molar-refractivity contribution in [1.29, 1.82) is 0 Å². The standard InChI is InChI=1S/C14H19N3O3/c1-9-8-11(17(19)20)5-6-12(9)14(18)16-13-4-3-7-15-10(13)2/h5-6,8,10,13,15H,3-4,7H2,1-2H3,(H,16,18). The smallest absolute Gasteiger partial charge is 0.269 e. The van der Waals surface area contributed by atoms with Crippen LogP contribution in [0.2, 0.25) is 0 Å². The van der Waals surface area contributed by atoms with E-state index in [4.69, 9.17) is 0 Å². The summed E-state index contributed by atoms with van der Waals surface area (Å²) in [6.45, 7) is 4.74. The number of piperidine rings is 1. The molecular formula is C14H19N3O3. The maximum Gasteiger partial charge on any atom is 0.269 e. The van der Waals surface area contributed by atoms with E-state index in [0.29, 0.717) is 11.1 Å². The van der Waals surface area contributed by atoms with E-state index in [0.717, 1.165) is 19.4 Å². The first kappa shape index (κ1) is 14.5. The number of nitro benzene ring substituents is 1. The zero-order valence-electron chi connectivity index (χ0n) is 11.7. The number of aryl methyl sites for hydroxylation is 1. The highest BCUT2D eigenvalue weighted by Crippen LogP contribution is 2.18. The zero-order chi connectivity index (χ0) is 14.7. The van der Waals surface area contributed by atoms with E-state index in [-0.39, 0.29) is 23.7 Å². The highest BCUT2D eigenvalue weighted by atomic mass is 16.6. The Labute approximate surface area is 117 Å². The average molecular weight is 277 g/mol. The van der Waals surface area contributed by atoms with E-state index in [1.54, 1.807) is 6.92 Å². The molecule has 1 heterocycles. The summed E-state index contributed by atoms with van der Waals surface area (Å²) in [4.78, 5) is 22.5. The van der Waals surface area contributed by atoms with Gasteiger partial charge in [0.2, 0.25) is 0 Å². The monoisotopic (exact) mass is 277 g/mol. The molecule has 2 unspecified atom stereocenters. The van der Waals surface area contributed by atoms with Crippen LogP contribution in [-0.4, -0.2) is 29.5 Å². The van der Waals surface area contributed by atoms with E-state index in [1.807, 2.05) is 6.92 Å². The first-order chi connectivity index (χ1) is 9.49. The van der Waals surface area contributed by atoms with Gasteiger partial charge in [-0.1, -0.05) is 0 Å². The molecule has 0 radical (unpaired) electrons. The van der Waals surface area contributed by atoms with Crippen molar-refractivity contribution < 1.29 is 9.72 Å². The Balaban J connectivity index is 2.11. The van der Waals surface area contributed by atoms with E-state index in [1.165, 1.54) is 18.2 Å². The normalized spacial score (nSPS) is 22.3. The molecule has 1 fully saturated rings. The fourth-order valence-electron chi connectivity index (χ4n) is 2.50. The van der Waals surface area contributed by atoms with Gasteiger partial charge in [-0.3, -0.25) is 14.9 Å². The molecule has 0 aliphatic carbocycles. The maximum atomic E-state index is 12.3. The molecule has 1 aromatic rings. The second-order valence-corrected chi connectivity index (χ2v) is 5.22. The van der Waals surface area contributed by atoms with Gasteiger partial charge < -0.3 is 10.6 Å². The van der Waals surface area contributed by atoms with Gasteiger partial charge in [0.1, 0.15) is 0 Å². The highest BCUT2D eigenvalue weighted by molar-refractivity contribution is 5.96. The molecule has 108 valence electrons. The van der Waals surface area contributed by atoms with E-state index in [9.17, 15) is 14.9 Å². The largest absolute Gasteiger partial charge is 0.348 e. The maximum absolute atomic E-state index is 12.3. The predicted octanol–water partition coefficient (Wildman–Crippen LogP) is 1.77. The van der Waals surface area contributed by atoms with E-state index >= 15 is 0 Å². The van der Waals surface area contributed by atoms with E-state index in [2.05, 4.69) is 10.6 Å². The Hall–Kier alpha value is -1.95. The van der Waals surface area contributed by atoms with Gasteiger partial charge in [-0.25, -0.2) is 0 Å². The number of benzene rings is 1. The lowest BCUT2D eigenvalue weighted by Gasteiger charge is -2.30. The topological polar surface area (TPSA) is 84.3 Å². The van der Waals surface area contributed by atoms with Crippen molar-refractivity contribution in [1.82, 2.24) is 10.6 Å². The number of carbonyl (C=O) groups excluding carboxylic acids is 1. The van der Waals surface area contributed by atoms with Gasteiger partial charge in [-0.2, -0.15) is 0 Å². The Morgan fingerprint density at radius 1 is 1.50 bits per heavy atom. The number of nitro groups is 1. The number of non-ortho nitro benzene ring substituents is 1. The van der Waals surface area contributed by atoms with Crippen molar-refractivity contribution in [2.24, 2.45) is 0 Å². The molecule has 6 heteroatoms. The summed E-state index contributed by atoms with van der Waals surface area (Å²) in [7, 11) is 0. The summed E-state index contributed by atoms with van der Waals surface area (Å²) in [5.41, 5.74) is 1.12. The number of hydrogen-bond donors (Lipinski definition) is 2. The van der Waals surface area contributed by atoms with Crippen LogP contribution in [0.25, 0.3) is 0 Å². The summed E-state index contributed by atoms with van der Waals surface area (Å²) in [5, 5.41) is 17.0. The second kappa shape index (κ2) is 6.00. The molecule has 0 saturated carbocycles. The van der Waals surface area contributed by atoms with Crippen LogP contribution in [0.3, 0.4) is 0 Å². The number of nitrogens with one attached hydrogen (secondary N) is 2. The first-order valence-electron chi connectivity index (χ1n) is 6.78. The third kappa shape index (κ3) is 3.14. The highest BCUT2D eigenvalue weighted by Gasteiger charge is 2.23. The molecule has 0 bridgehead atoms. The van der Waals surface area contributed by atoms with Gasteiger partial charge in [-0.15, -0.1) is 0 Å². The lowest BCUT2D eigenvalue weighted by molar-refractivity contribution is -0.384. The molecule has 1 amide bonds. The predicted molar refractivity (Wildman–Crippen MR) is 75.8 cm³/mol. The molecular weight excluding hydrogens is 258 g/mol. The minimum atomic E-state index is -0.457. The molecule has 1 saturated heterocycles. The molecule has 0 aromatic heterocycles. The summed E-state index contributed by atoms with van der Waals surface area (Å²) in [5.74, 6) is -0.169. The summed E-state index contributed by atoms with van der Waals surface area (Å²) in [6, 6.07) is 4.66. The number of hydrogen-bond acceptors (Lipinski definition) is 4. The Morgan fingerprint density at radius 2 is 2.25 bits per heavy atom. The van der Waals surface area contributed by atoms with Crippen LogP contribution >= 0.6 is 0 Å². The zero-order valence-corrected chi connectivity index (χ0v) is 11.7. The van der Waals surface area contributed by atoms with Crippen LogP contribution in [0.4, 0.5) is 5.69 Å². The quantitative estimate of drug-likeness (QED) is 0.651. The Morgan fingerprint density at radius 3 is 2.85 bits per heavy atom. The van der Waals surface area contributed by atoms with Gasteiger partial charge in [0.05, 0.1) is 4.92 Å². The van der Waals surface area contributed by atoms with Crippen molar-refractivity contribution >= 4 is 11.6 Å². The lowest BCUT2D eigenvalue weighted by Crippen LogP contribution is -2.52. The third-order valence-corrected chi connectivity index (χ3v) is 3.74. The first-order valence-corrected chi connectivity index (χ1v) is 6.78. The van der Waals surface area contributed by atoms with Gasteiger partial charge in [0.15, 0.2) is 0 Å². The Bertz CT molecular complexity index is 530. The average Bonchev–Trinajstić information content (AvgIpc) is 2.41. The van der Waals surface area contributed by atoms with Crippen LogP contribution in [0.1, 0.15) is 35.7 Å². The SMILES string of the molecule is Cc1cc([N+](=O)[O-])ccc1C(=O)NC1CCCNC1C. The van der Waals surface area contributed by atoms with Gasteiger partial charge >= 0.3 is 0 Å². The summed E-state index contributed by atoms with van der Waals surface area (Å²) < 4.78 is 0. The molecule has 2 rings (SSSR count). The lowest BCUT2D eigenvalue weighted by atomic mass is 9.99. The molecule has 1 aromatic carbocycles. The van der Waals surface area contributed by atoms with Crippen molar-refractivity contribution in [2.75, 3.05) is 6.54 Å². The van der Waals surface area contributed by atoms with Gasteiger partial charge in [0, 0.05) is 29.8 Å². The van der Waals surface area contributed by atoms with Crippen LogP contribution < -0.4 is 10.6 Å². The third-order valence-electron chi connectivity index (χ3n) is 3.74. The van der Waals surface area contributed by atoms with Crippen molar-refractivity contribution in [2.45, 2.75) is 38.8 Å². The number of amides is 1. The van der Waals surface area contributed by atoms with Crippen LogP contribution in [0.15, 0.2) is 18.2 Å². The molecule has 1 aliphatic heterocycles. The number of rotatable bonds is 3. The molecule has 20 heavy (non-hydrogen) atoms. The van der Waals surface area contributed by atoms with Crippen molar-refractivity contribution in [3.05, 3.63) is 39.4 Å². The van der Waals surface area contributed by atoms with Gasteiger partial charge in [-0.05, 0) is 44.9 Å². The van der Waals surface area contributed by atoms with E-state index < -0.39 is 4.92 Å². The molecule has 6 nitrogen and oxygen atoms in total. The van der Waals surface area contributed by atoms with Crippen molar-refractivity contribution in [3.63, 3.8) is 0 Å². The summed E-state index contributed by atoms with van der Waals surface area (Å²) in [6.07, 6.45) is 1.99. The van der Waals surface area contributed by atoms with Crippen LogP contribution in [0, 0.1) is 17.0 Å². The number of nitrogens with zero attached hydrogens (tertiary/aromatic N) is 1. The minimum absolute atomic E-state index is 0.00625. The molecule has 1 aliphatic rings. The summed E-state index contributed by atoms with van der Waals surface area (Å²) >= 11 is 0. The second-order valence-electron chi connectivity index (χ2n) is 5.22. The molecule has 2 N–H and O–H groups in total. The minimum Gasteiger partial charge on any atom is -0.348 e. The fourth-order valence-corrected chi connectivity index (χ4v) is 2.50. The van der Waals surface area contributed by atoms with Crippen LogP contribution in [0.5, 0.6) is 0 Å². The number of carbonyl (C=O) groups is 1. The van der Waals surface area contributed by atoms with Crippen molar-refractivity contribution in [3.8, 4) is 0 Å². The molecule has 2 atom stereocenters. The van der Waals surface area contributed by atoms with Gasteiger partial charge in [0.25, 0.3) is 11.6 Å². The Kier molecular flexibility index (Phi) is 4.34. The fraction of sp³-hybridized carbons (Fsp3) is 0.500. The van der Waals surface area contributed by atoms with Crippen LogP contribution in [-0.2, 0) is 0 Å². The molecule has 0 spiro atoms.